The Morgan fingerprint density at radius 3 is 2.61 bits per heavy atom. The van der Waals surface area contributed by atoms with Crippen LogP contribution in [0.3, 0.4) is 0 Å². The third kappa shape index (κ3) is 3.10. The summed E-state index contributed by atoms with van der Waals surface area (Å²) in [5.41, 5.74) is 1.50. The van der Waals surface area contributed by atoms with Crippen LogP contribution >= 0.6 is 0 Å². The first-order valence-corrected chi connectivity index (χ1v) is 9.95. The van der Waals surface area contributed by atoms with Crippen LogP contribution in [0.4, 0.5) is 10.6 Å². The fourth-order valence-corrected chi connectivity index (χ4v) is 3.91. The molecule has 8 nitrogen and oxygen atoms in total. The van der Waals surface area contributed by atoms with E-state index in [1.807, 2.05) is 31.7 Å². The first-order valence-electron chi connectivity index (χ1n) is 9.95. The monoisotopic (exact) mass is 384 g/mol. The maximum Gasteiger partial charge on any atom is 0.326 e. The van der Waals surface area contributed by atoms with Gasteiger partial charge in [0.05, 0.1) is 6.20 Å². The number of nitrogens with zero attached hydrogens (tertiary/aromatic N) is 5. The summed E-state index contributed by atoms with van der Waals surface area (Å²) in [6.45, 7) is 11.3. The number of hydrogen-bond acceptors (Lipinski definition) is 4. The predicted octanol–water partition coefficient (Wildman–Crippen LogP) is 2.61. The van der Waals surface area contributed by atoms with E-state index < -0.39 is 0 Å². The Labute approximate surface area is 164 Å². The van der Waals surface area contributed by atoms with Gasteiger partial charge in [-0.05, 0) is 53.4 Å². The van der Waals surface area contributed by atoms with Crippen molar-refractivity contribution in [2.45, 2.75) is 59.0 Å². The van der Waals surface area contributed by atoms with Gasteiger partial charge in [-0.2, -0.15) is 5.10 Å². The van der Waals surface area contributed by atoms with Crippen LogP contribution in [0.1, 0.15) is 56.6 Å². The van der Waals surface area contributed by atoms with Crippen molar-refractivity contribution in [3.8, 4) is 0 Å². The summed E-state index contributed by atoms with van der Waals surface area (Å²) in [5.74, 6) is 0.912. The molecule has 2 fully saturated rings. The second-order valence-electron chi connectivity index (χ2n) is 8.72. The number of aryl methyl sites for hydroxylation is 1. The van der Waals surface area contributed by atoms with Crippen LogP contribution in [0.15, 0.2) is 12.3 Å². The number of nitrogens with one attached hydrogen (secondary N) is 1. The van der Waals surface area contributed by atoms with Crippen molar-refractivity contribution in [1.82, 2.24) is 24.8 Å². The van der Waals surface area contributed by atoms with Gasteiger partial charge < -0.3 is 10.2 Å². The minimum atomic E-state index is -0.249. The van der Waals surface area contributed by atoms with Gasteiger partial charge >= 0.3 is 6.03 Å². The van der Waals surface area contributed by atoms with E-state index in [1.54, 1.807) is 15.6 Å². The molecule has 150 valence electrons. The Hall–Kier alpha value is -2.64. The summed E-state index contributed by atoms with van der Waals surface area (Å²) in [6.07, 6.45) is 3.85. The van der Waals surface area contributed by atoms with Crippen LogP contribution < -0.4 is 10.2 Å². The molecule has 1 N–H and O–H groups in total. The molecule has 1 aliphatic carbocycles. The highest BCUT2D eigenvalue weighted by Gasteiger charge is 2.39. The maximum absolute atomic E-state index is 12.9. The SMILES string of the molecule is Cc1cc(N2CCN(C(C)C)C2=O)nc2c(C(=O)NC(C)(C)C3CC3)cnn12. The molecule has 3 heterocycles. The second-order valence-corrected chi connectivity index (χ2v) is 8.72. The zero-order valence-corrected chi connectivity index (χ0v) is 17.2. The molecular formula is C20H28N6O2. The number of fused-ring (bicyclic) bond motifs is 1. The van der Waals surface area contributed by atoms with Crippen LogP contribution in [0.25, 0.3) is 5.65 Å². The average Bonchev–Trinajstić information content (AvgIpc) is 3.28. The maximum atomic E-state index is 12.9. The molecular weight excluding hydrogens is 356 g/mol. The zero-order valence-electron chi connectivity index (χ0n) is 17.2. The van der Waals surface area contributed by atoms with Gasteiger partial charge in [0.2, 0.25) is 0 Å². The van der Waals surface area contributed by atoms with Crippen LogP contribution in [-0.2, 0) is 0 Å². The number of rotatable bonds is 5. The molecule has 1 saturated heterocycles. The molecule has 1 saturated carbocycles. The van der Waals surface area contributed by atoms with E-state index in [0.717, 1.165) is 18.5 Å². The Morgan fingerprint density at radius 1 is 1.29 bits per heavy atom. The van der Waals surface area contributed by atoms with E-state index in [-0.39, 0.29) is 23.5 Å². The summed E-state index contributed by atoms with van der Waals surface area (Å²) in [5, 5.41) is 7.47. The average molecular weight is 384 g/mol. The van der Waals surface area contributed by atoms with Gasteiger partial charge in [0.15, 0.2) is 5.65 Å². The number of hydrogen-bond donors (Lipinski definition) is 1. The van der Waals surface area contributed by atoms with E-state index in [0.29, 0.717) is 36.0 Å². The Kier molecular flexibility index (Phi) is 4.32. The third-order valence-electron chi connectivity index (χ3n) is 5.86. The van der Waals surface area contributed by atoms with Gasteiger partial charge in [-0.1, -0.05) is 0 Å². The van der Waals surface area contributed by atoms with E-state index in [2.05, 4.69) is 29.2 Å². The smallest absolute Gasteiger partial charge is 0.326 e. The van der Waals surface area contributed by atoms with Crippen LogP contribution in [0.5, 0.6) is 0 Å². The molecule has 3 amide bonds. The number of urea groups is 1. The lowest BCUT2D eigenvalue weighted by molar-refractivity contribution is 0.0905. The predicted molar refractivity (Wildman–Crippen MR) is 107 cm³/mol. The van der Waals surface area contributed by atoms with Crippen molar-refractivity contribution in [2.75, 3.05) is 18.0 Å². The second kappa shape index (κ2) is 6.46. The first kappa shape index (κ1) is 18.7. The standard InChI is InChI=1S/C20H28N6O2/c1-12(2)24-8-9-25(19(24)28)16-10-13(3)26-17(22-16)15(11-21-26)18(27)23-20(4,5)14-6-7-14/h10-12,14H,6-9H2,1-5H3,(H,23,27). The molecule has 2 aliphatic rings. The van der Waals surface area contributed by atoms with Gasteiger partial charge in [0, 0.05) is 36.4 Å². The summed E-state index contributed by atoms with van der Waals surface area (Å²) in [7, 11) is 0. The van der Waals surface area contributed by atoms with Crippen molar-refractivity contribution in [2.24, 2.45) is 5.92 Å². The molecule has 0 spiro atoms. The van der Waals surface area contributed by atoms with E-state index >= 15 is 0 Å². The topological polar surface area (TPSA) is 82.8 Å². The molecule has 1 aliphatic heterocycles. The highest BCUT2D eigenvalue weighted by Crippen LogP contribution is 2.39. The van der Waals surface area contributed by atoms with Crippen molar-refractivity contribution < 1.29 is 9.59 Å². The summed E-state index contributed by atoms with van der Waals surface area (Å²) < 4.78 is 1.66. The molecule has 0 unspecified atom stereocenters. The fraction of sp³-hybridized carbons (Fsp3) is 0.600. The summed E-state index contributed by atoms with van der Waals surface area (Å²) in [6, 6.07) is 1.94. The molecule has 0 atom stereocenters. The largest absolute Gasteiger partial charge is 0.347 e. The Bertz CT molecular complexity index is 944. The first-order chi connectivity index (χ1) is 13.2. The van der Waals surface area contributed by atoms with Gasteiger partial charge in [-0.15, -0.1) is 0 Å². The van der Waals surface area contributed by atoms with Crippen molar-refractivity contribution in [1.29, 1.82) is 0 Å². The lowest BCUT2D eigenvalue weighted by Crippen LogP contribution is -2.45. The highest BCUT2D eigenvalue weighted by molar-refractivity contribution is 6.00. The van der Waals surface area contributed by atoms with Gasteiger partial charge in [0.25, 0.3) is 5.91 Å². The summed E-state index contributed by atoms with van der Waals surface area (Å²) >= 11 is 0. The number of carbonyl (C=O) groups is 2. The number of anilines is 1. The molecule has 2 aromatic rings. The van der Waals surface area contributed by atoms with Crippen molar-refractivity contribution >= 4 is 23.4 Å². The molecule has 0 bridgehead atoms. The van der Waals surface area contributed by atoms with Crippen molar-refractivity contribution in [3.63, 3.8) is 0 Å². The van der Waals surface area contributed by atoms with E-state index in [1.165, 1.54) is 0 Å². The highest BCUT2D eigenvalue weighted by atomic mass is 16.2. The van der Waals surface area contributed by atoms with Crippen LogP contribution in [0.2, 0.25) is 0 Å². The van der Waals surface area contributed by atoms with Crippen molar-refractivity contribution in [3.05, 3.63) is 23.5 Å². The fourth-order valence-electron chi connectivity index (χ4n) is 3.91. The lowest BCUT2D eigenvalue weighted by Gasteiger charge is -2.25. The van der Waals surface area contributed by atoms with Crippen LogP contribution in [0, 0.1) is 12.8 Å². The molecule has 4 rings (SSSR count). The minimum absolute atomic E-state index is 0.0494. The minimum Gasteiger partial charge on any atom is -0.347 e. The Morgan fingerprint density at radius 2 is 2.00 bits per heavy atom. The van der Waals surface area contributed by atoms with Gasteiger partial charge in [0.1, 0.15) is 11.4 Å². The van der Waals surface area contributed by atoms with Gasteiger partial charge in [-0.25, -0.2) is 14.3 Å². The van der Waals surface area contributed by atoms with Crippen LogP contribution in [-0.4, -0.2) is 56.1 Å². The number of aromatic nitrogens is 3. The summed E-state index contributed by atoms with van der Waals surface area (Å²) in [4.78, 5) is 33.8. The van der Waals surface area contributed by atoms with E-state index in [9.17, 15) is 9.59 Å². The molecule has 0 aromatic carbocycles. The number of carbonyl (C=O) groups excluding carboxylic acids is 2. The van der Waals surface area contributed by atoms with Gasteiger partial charge in [-0.3, -0.25) is 9.69 Å². The molecule has 8 heteroatoms. The zero-order chi connectivity index (χ0) is 20.2. The molecule has 28 heavy (non-hydrogen) atoms. The third-order valence-corrected chi connectivity index (χ3v) is 5.86. The Balaban J connectivity index is 1.67. The quantitative estimate of drug-likeness (QED) is 0.859. The molecule has 2 aromatic heterocycles. The number of amides is 3. The lowest BCUT2D eigenvalue weighted by atomic mass is 9.98. The normalized spacial score (nSPS) is 17.9. The molecule has 0 radical (unpaired) electrons. The van der Waals surface area contributed by atoms with E-state index in [4.69, 9.17) is 0 Å².